The van der Waals surface area contributed by atoms with Gasteiger partial charge in [-0.1, -0.05) is 25.0 Å². The summed E-state index contributed by atoms with van der Waals surface area (Å²) in [7, 11) is 1.54. The van der Waals surface area contributed by atoms with Crippen LogP contribution in [0.5, 0.6) is 5.75 Å². The first-order valence-corrected chi connectivity index (χ1v) is 9.38. The van der Waals surface area contributed by atoms with Gasteiger partial charge in [-0.3, -0.25) is 14.9 Å². The van der Waals surface area contributed by atoms with Gasteiger partial charge in [-0.25, -0.2) is 4.79 Å². The Balaban J connectivity index is 1.78. The molecule has 0 saturated heterocycles. The highest BCUT2D eigenvalue weighted by Crippen LogP contribution is 2.22. The molecule has 0 spiro atoms. The van der Waals surface area contributed by atoms with Gasteiger partial charge in [0.15, 0.2) is 13.1 Å². The van der Waals surface area contributed by atoms with E-state index in [1.54, 1.807) is 18.2 Å². The largest absolute Gasteiger partial charge is 0.495 e. The zero-order chi connectivity index (χ0) is 19.6. The molecule has 1 aliphatic rings. The van der Waals surface area contributed by atoms with Crippen LogP contribution in [0.4, 0.5) is 10.5 Å². The minimum absolute atomic E-state index is 0.0495. The fraction of sp³-hybridized carbons (Fsp3) is 0.526. The van der Waals surface area contributed by atoms with E-state index in [0.29, 0.717) is 18.0 Å². The van der Waals surface area contributed by atoms with Crippen LogP contribution in [0.2, 0.25) is 0 Å². The van der Waals surface area contributed by atoms with Gasteiger partial charge in [0.05, 0.1) is 19.3 Å². The minimum Gasteiger partial charge on any atom is -0.495 e. The Morgan fingerprint density at radius 3 is 2.44 bits per heavy atom. The number of imide groups is 1. The average molecular weight is 377 g/mol. The van der Waals surface area contributed by atoms with Crippen LogP contribution >= 0.6 is 0 Å². The van der Waals surface area contributed by atoms with Crippen molar-refractivity contribution in [3.8, 4) is 5.75 Å². The molecule has 0 radical (unpaired) electrons. The van der Waals surface area contributed by atoms with Crippen molar-refractivity contribution in [3.05, 3.63) is 24.3 Å². The Hall–Kier alpha value is -2.61. The maximum atomic E-state index is 12.3. The number of ether oxygens (including phenoxy) is 1. The van der Waals surface area contributed by atoms with Crippen LogP contribution in [0.1, 0.15) is 32.6 Å². The molecule has 1 aliphatic carbocycles. The quantitative estimate of drug-likeness (QED) is 0.524. The SMILES string of the molecule is CC[NH+](CC(=O)NC(=O)NC1CCCC1)CC(=O)Nc1ccccc1OC. The number of quaternary nitrogens is 1. The number of benzene rings is 1. The molecule has 1 aromatic carbocycles. The van der Waals surface area contributed by atoms with E-state index < -0.39 is 11.9 Å². The van der Waals surface area contributed by atoms with Crippen LogP contribution in [0, 0.1) is 0 Å². The molecule has 4 amide bonds. The topological polar surface area (TPSA) is 101 Å². The Labute approximate surface area is 159 Å². The van der Waals surface area contributed by atoms with Gasteiger partial charge >= 0.3 is 6.03 Å². The predicted octanol–water partition coefficient (Wildman–Crippen LogP) is 0.307. The van der Waals surface area contributed by atoms with Crippen molar-refractivity contribution in [2.45, 2.75) is 38.6 Å². The zero-order valence-electron chi connectivity index (χ0n) is 16.0. The maximum Gasteiger partial charge on any atom is 0.321 e. The molecule has 0 aromatic heterocycles. The molecule has 148 valence electrons. The van der Waals surface area contributed by atoms with E-state index in [-0.39, 0.29) is 25.0 Å². The summed E-state index contributed by atoms with van der Waals surface area (Å²) in [4.78, 5) is 37.0. The number of likely N-dealkylation sites (N-methyl/N-ethyl adjacent to an activating group) is 1. The number of nitrogens with one attached hydrogen (secondary N) is 4. The first kappa shape index (κ1) is 20.7. The van der Waals surface area contributed by atoms with Crippen LogP contribution in [0.3, 0.4) is 0 Å². The molecule has 0 heterocycles. The van der Waals surface area contributed by atoms with Crippen LogP contribution in [0.15, 0.2) is 24.3 Å². The number of carbonyl (C=O) groups excluding carboxylic acids is 3. The molecule has 8 heteroatoms. The molecule has 1 atom stereocenters. The molecule has 1 unspecified atom stereocenters. The summed E-state index contributed by atoms with van der Waals surface area (Å²) < 4.78 is 5.21. The fourth-order valence-corrected chi connectivity index (χ4v) is 3.17. The summed E-state index contributed by atoms with van der Waals surface area (Å²) in [6.45, 7) is 2.63. The van der Waals surface area contributed by atoms with Gasteiger partial charge in [0.1, 0.15) is 5.75 Å². The number of methoxy groups -OCH3 is 1. The fourth-order valence-electron chi connectivity index (χ4n) is 3.17. The Kier molecular flexibility index (Phi) is 8.06. The lowest BCUT2D eigenvalue weighted by Crippen LogP contribution is -3.14. The number of rotatable bonds is 8. The van der Waals surface area contributed by atoms with E-state index in [1.165, 1.54) is 7.11 Å². The average Bonchev–Trinajstić information content (AvgIpc) is 3.14. The second-order valence-corrected chi connectivity index (χ2v) is 6.71. The lowest BCUT2D eigenvalue weighted by Gasteiger charge is -2.18. The third-order valence-corrected chi connectivity index (χ3v) is 4.65. The second kappa shape index (κ2) is 10.5. The molecule has 0 aliphatic heterocycles. The van der Waals surface area contributed by atoms with Gasteiger partial charge in [-0.05, 0) is 31.9 Å². The predicted molar refractivity (Wildman–Crippen MR) is 102 cm³/mol. The molecule has 0 bridgehead atoms. The monoisotopic (exact) mass is 377 g/mol. The number of carbonyl (C=O) groups is 3. The highest BCUT2D eigenvalue weighted by Gasteiger charge is 2.21. The van der Waals surface area contributed by atoms with Gasteiger partial charge in [0, 0.05) is 6.04 Å². The standard InChI is InChI=1S/C19H28N4O4/c1-3-23(12-17(24)21-15-10-6-7-11-16(15)27-2)13-18(25)22-19(26)20-14-8-4-5-9-14/h6-7,10-11,14H,3-5,8-9,12-13H2,1-2H3,(H,21,24)(H2,20,22,25,26)/p+1. The molecule has 2 rings (SSSR count). The van der Waals surface area contributed by atoms with Crippen molar-refractivity contribution >= 4 is 23.5 Å². The van der Waals surface area contributed by atoms with E-state index in [9.17, 15) is 14.4 Å². The van der Waals surface area contributed by atoms with Crippen molar-refractivity contribution < 1.29 is 24.0 Å². The molecular weight excluding hydrogens is 348 g/mol. The van der Waals surface area contributed by atoms with Crippen LogP contribution < -0.4 is 25.6 Å². The normalized spacial score (nSPS) is 15.0. The molecule has 1 saturated carbocycles. The Morgan fingerprint density at radius 1 is 1.11 bits per heavy atom. The highest BCUT2D eigenvalue weighted by molar-refractivity contribution is 5.95. The van der Waals surface area contributed by atoms with Gasteiger partial charge in [-0.15, -0.1) is 0 Å². The van der Waals surface area contributed by atoms with E-state index in [4.69, 9.17) is 4.74 Å². The zero-order valence-corrected chi connectivity index (χ0v) is 16.0. The molecule has 4 N–H and O–H groups in total. The summed E-state index contributed by atoms with van der Waals surface area (Å²) in [5, 5.41) is 7.96. The highest BCUT2D eigenvalue weighted by atomic mass is 16.5. The first-order valence-electron chi connectivity index (χ1n) is 9.38. The minimum atomic E-state index is -0.458. The van der Waals surface area contributed by atoms with E-state index in [0.717, 1.165) is 30.6 Å². The van der Waals surface area contributed by atoms with E-state index in [1.807, 2.05) is 13.0 Å². The summed E-state index contributed by atoms with van der Waals surface area (Å²) >= 11 is 0. The number of urea groups is 1. The Bertz CT molecular complexity index is 659. The number of amides is 4. The summed E-state index contributed by atoms with van der Waals surface area (Å²) in [5.41, 5.74) is 0.584. The second-order valence-electron chi connectivity index (χ2n) is 6.71. The summed E-state index contributed by atoms with van der Waals surface area (Å²) in [5.74, 6) is -0.0442. The number of para-hydroxylation sites is 2. The maximum absolute atomic E-state index is 12.3. The lowest BCUT2D eigenvalue weighted by atomic mass is 10.2. The van der Waals surface area contributed by atoms with Crippen molar-refractivity contribution in [1.29, 1.82) is 0 Å². The van der Waals surface area contributed by atoms with Crippen LogP contribution in [0.25, 0.3) is 0 Å². The van der Waals surface area contributed by atoms with Crippen molar-refractivity contribution in [3.63, 3.8) is 0 Å². The van der Waals surface area contributed by atoms with Crippen LogP contribution in [-0.4, -0.2) is 50.6 Å². The van der Waals surface area contributed by atoms with Crippen molar-refractivity contribution in [2.24, 2.45) is 0 Å². The Morgan fingerprint density at radius 2 is 1.78 bits per heavy atom. The van der Waals surface area contributed by atoms with Gasteiger partial charge in [0.2, 0.25) is 0 Å². The molecule has 27 heavy (non-hydrogen) atoms. The van der Waals surface area contributed by atoms with Crippen LogP contribution in [-0.2, 0) is 9.59 Å². The van der Waals surface area contributed by atoms with E-state index in [2.05, 4.69) is 16.0 Å². The lowest BCUT2D eigenvalue weighted by molar-refractivity contribution is -0.881. The molecule has 8 nitrogen and oxygen atoms in total. The number of anilines is 1. The molecule has 1 fully saturated rings. The summed E-state index contributed by atoms with van der Waals surface area (Å²) in [6.07, 6.45) is 4.12. The molecule has 1 aromatic rings. The van der Waals surface area contributed by atoms with Gasteiger partial charge < -0.3 is 20.3 Å². The number of hydrogen-bond acceptors (Lipinski definition) is 4. The number of hydrogen-bond donors (Lipinski definition) is 4. The van der Waals surface area contributed by atoms with Crippen molar-refractivity contribution in [2.75, 3.05) is 32.1 Å². The summed E-state index contributed by atoms with van der Waals surface area (Å²) in [6, 6.07) is 6.83. The van der Waals surface area contributed by atoms with Gasteiger partial charge in [-0.2, -0.15) is 0 Å². The van der Waals surface area contributed by atoms with E-state index >= 15 is 0 Å². The van der Waals surface area contributed by atoms with Gasteiger partial charge in [0.25, 0.3) is 11.8 Å². The molecular formula is C19H29N4O4+. The van der Waals surface area contributed by atoms with Crippen molar-refractivity contribution in [1.82, 2.24) is 10.6 Å². The first-order chi connectivity index (χ1) is 13.0. The third-order valence-electron chi connectivity index (χ3n) is 4.65. The third kappa shape index (κ3) is 6.90. The smallest absolute Gasteiger partial charge is 0.321 e.